The van der Waals surface area contributed by atoms with Gasteiger partial charge in [-0.05, 0) is 30.9 Å². The summed E-state index contributed by atoms with van der Waals surface area (Å²) in [5, 5.41) is 2.46. The molecule has 0 aliphatic rings. The smallest absolute Gasteiger partial charge is 0.216 e. The Morgan fingerprint density at radius 1 is 1.13 bits per heavy atom. The fourth-order valence-electron chi connectivity index (χ4n) is 1.93. The minimum absolute atomic E-state index is 0.0849. The number of carbonyl (C=O) groups excluding carboxylic acids is 3. The summed E-state index contributed by atoms with van der Waals surface area (Å²) in [5.74, 6) is 0.240. The van der Waals surface area contributed by atoms with Crippen LogP contribution in [0.3, 0.4) is 0 Å². The Morgan fingerprint density at radius 2 is 1.83 bits per heavy atom. The van der Waals surface area contributed by atoms with Crippen LogP contribution in [0.4, 0.5) is 0 Å². The maximum absolute atomic E-state index is 12.0. The van der Waals surface area contributed by atoms with Crippen molar-refractivity contribution in [2.75, 3.05) is 12.3 Å². The lowest BCUT2D eigenvalue weighted by Crippen LogP contribution is -2.23. The highest BCUT2D eigenvalue weighted by atomic mass is 32.2. The van der Waals surface area contributed by atoms with Crippen molar-refractivity contribution < 1.29 is 14.4 Å². The van der Waals surface area contributed by atoms with E-state index in [4.69, 9.17) is 0 Å². The number of hydrogen-bond donors (Lipinski definition) is 1. The van der Waals surface area contributed by atoms with E-state index >= 15 is 0 Å². The lowest BCUT2D eigenvalue weighted by Gasteiger charge is -2.03. The van der Waals surface area contributed by atoms with Gasteiger partial charge in [0.15, 0.2) is 10.9 Å². The highest BCUT2D eigenvalue weighted by molar-refractivity contribution is 8.13. The second kappa shape index (κ2) is 10.8. The van der Waals surface area contributed by atoms with Gasteiger partial charge in [0, 0.05) is 19.2 Å². The molecule has 0 unspecified atom stereocenters. The number of aryl methyl sites for hydroxylation is 1. The highest BCUT2D eigenvalue weighted by Crippen LogP contribution is 2.10. The quantitative estimate of drug-likeness (QED) is 0.429. The molecule has 0 saturated heterocycles. The van der Waals surface area contributed by atoms with E-state index in [1.165, 1.54) is 12.5 Å². The molecule has 0 spiro atoms. The van der Waals surface area contributed by atoms with E-state index in [0.29, 0.717) is 17.9 Å². The number of Topliss-reactive ketones (excluding diaryl/α,β-unsaturated/α-hetero) is 1. The Balaban J connectivity index is 2.28. The number of nitrogens with one attached hydrogen (secondary N) is 1. The van der Waals surface area contributed by atoms with E-state index in [-0.39, 0.29) is 23.2 Å². The summed E-state index contributed by atoms with van der Waals surface area (Å²) in [5.41, 5.74) is 1.87. The van der Waals surface area contributed by atoms with Crippen molar-refractivity contribution in [3.63, 3.8) is 0 Å². The van der Waals surface area contributed by atoms with Crippen LogP contribution < -0.4 is 5.32 Å². The second-order valence-corrected chi connectivity index (χ2v) is 6.37. The van der Waals surface area contributed by atoms with Crippen LogP contribution >= 0.6 is 11.8 Å². The lowest BCUT2D eigenvalue weighted by atomic mass is 10.1. The Morgan fingerprint density at radius 3 is 2.48 bits per heavy atom. The molecule has 0 aliphatic heterocycles. The van der Waals surface area contributed by atoms with Crippen LogP contribution in [-0.2, 0) is 20.8 Å². The van der Waals surface area contributed by atoms with E-state index in [2.05, 4.69) is 17.4 Å². The number of amides is 1. The van der Waals surface area contributed by atoms with Crippen LogP contribution in [0, 0.1) is 0 Å². The summed E-state index contributed by atoms with van der Waals surface area (Å²) in [7, 11) is 0. The number of thioether (sulfide) groups is 1. The van der Waals surface area contributed by atoms with Crippen LogP contribution in [0.5, 0.6) is 0 Å². The number of rotatable bonds is 9. The molecule has 0 fully saturated rings. The van der Waals surface area contributed by atoms with E-state index < -0.39 is 0 Å². The minimum Gasteiger partial charge on any atom is -0.356 e. The standard InChI is InChI=1S/C18H23NO3S/c1-14(7-6-10-16-8-4-3-5-9-16)17(21)13-18(22)23-12-11-19-15(2)20/h3-5,7-9H,6,10-13H2,1-2H3,(H,19,20)/b14-7+. The average Bonchev–Trinajstić information content (AvgIpc) is 2.52. The largest absolute Gasteiger partial charge is 0.356 e. The predicted molar refractivity (Wildman–Crippen MR) is 94.3 cm³/mol. The van der Waals surface area contributed by atoms with Gasteiger partial charge in [-0.15, -0.1) is 0 Å². The molecule has 23 heavy (non-hydrogen) atoms. The molecular weight excluding hydrogens is 310 g/mol. The van der Waals surface area contributed by atoms with E-state index in [9.17, 15) is 14.4 Å². The molecule has 0 aliphatic carbocycles. The predicted octanol–water partition coefficient (Wildman–Crippen LogP) is 2.92. The highest BCUT2D eigenvalue weighted by Gasteiger charge is 2.11. The van der Waals surface area contributed by atoms with Gasteiger partial charge >= 0.3 is 0 Å². The summed E-state index contributed by atoms with van der Waals surface area (Å²) >= 11 is 1.08. The van der Waals surface area contributed by atoms with Gasteiger partial charge in [0.2, 0.25) is 5.91 Å². The topological polar surface area (TPSA) is 63.2 Å². The van der Waals surface area contributed by atoms with Crippen molar-refractivity contribution >= 4 is 28.6 Å². The zero-order valence-corrected chi connectivity index (χ0v) is 14.4. The summed E-state index contributed by atoms with van der Waals surface area (Å²) < 4.78 is 0. The van der Waals surface area contributed by atoms with Crippen molar-refractivity contribution in [2.45, 2.75) is 33.1 Å². The van der Waals surface area contributed by atoms with Gasteiger partial charge in [-0.25, -0.2) is 0 Å². The Bertz CT molecular complexity index is 567. The van der Waals surface area contributed by atoms with E-state index in [1.54, 1.807) is 6.92 Å². The van der Waals surface area contributed by atoms with Crippen LogP contribution in [0.2, 0.25) is 0 Å². The number of carbonyl (C=O) groups is 3. The van der Waals surface area contributed by atoms with Crippen LogP contribution in [0.25, 0.3) is 0 Å². The molecular formula is C18H23NO3S. The van der Waals surface area contributed by atoms with Crippen LogP contribution in [0.1, 0.15) is 32.3 Å². The molecule has 0 bridgehead atoms. The van der Waals surface area contributed by atoms with Gasteiger partial charge in [-0.2, -0.15) is 0 Å². The molecule has 124 valence electrons. The van der Waals surface area contributed by atoms with Crippen LogP contribution in [0.15, 0.2) is 42.0 Å². The van der Waals surface area contributed by atoms with Gasteiger partial charge in [-0.3, -0.25) is 14.4 Å². The molecule has 1 aromatic carbocycles. The Kier molecular flexibility index (Phi) is 8.98. The first kappa shape index (κ1) is 19.2. The normalized spacial score (nSPS) is 11.1. The maximum Gasteiger partial charge on any atom is 0.216 e. The number of hydrogen-bond acceptors (Lipinski definition) is 4. The summed E-state index contributed by atoms with van der Waals surface area (Å²) in [6.07, 6.45) is 3.47. The van der Waals surface area contributed by atoms with Crippen molar-refractivity contribution in [3.8, 4) is 0 Å². The number of benzene rings is 1. The molecule has 0 aromatic heterocycles. The Hall–Kier alpha value is -1.88. The average molecular weight is 333 g/mol. The Labute approximate surface area is 141 Å². The fourth-order valence-corrected chi connectivity index (χ4v) is 2.59. The first-order chi connectivity index (χ1) is 11.0. The maximum atomic E-state index is 12.0. The lowest BCUT2D eigenvalue weighted by molar-refractivity contribution is -0.121. The van der Waals surface area contributed by atoms with Gasteiger partial charge < -0.3 is 5.32 Å². The van der Waals surface area contributed by atoms with Crippen molar-refractivity contribution in [3.05, 3.63) is 47.5 Å². The van der Waals surface area contributed by atoms with Gasteiger partial charge in [0.05, 0.1) is 6.42 Å². The van der Waals surface area contributed by atoms with Gasteiger partial charge in [0.25, 0.3) is 0 Å². The zero-order valence-electron chi connectivity index (χ0n) is 13.6. The molecule has 0 radical (unpaired) electrons. The van der Waals surface area contributed by atoms with Gasteiger partial charge in [-0.1, -0.05) is 48.2 Å². The third-order valence-electron chi connectivity index (χ3n) is 3.21. The number of allylic oxidation sites excluding steroid dienone is 2. The summed E-state index contributed by atoms with van der Waals surface area (Å²) in [4.78, 5) is 34.4. The van der Waals surface area contributed by atoms with Gasteiger partial charge in [0.1, 0.15) is 0 Å². The van der Waals surface area contributed by atoms with E-state index in [1.807, 2.05) is 24.3 Å². The molecule has 5 heteroatoms. The second-order valence-electron chi connectivity index (χ2n) is 5.21. The SMILES string of the molecule is CC(=O)NCCSC(=O)CC(=O)/C(C)=C/CCc1ccccc1. The minimum atomic E-state index is -0.156. The third-order valence-corrected chi connectivity index (χ3v) is 4.08. The first-order valence-electron chi connectivity index (χ1n) is 7.63. The van der Waals surface area contributed by atoms with Crippen LogP contribution in [-0.4, -0.2) is 29.1 Å². The molecule has 1 rings (SSSR count). The molecule has 1 amide bonds. The van der Waals surface area contributed by atoms with E-state index in [0.717, 1.165) is 24.6 Å². The first-order valence-corrected chi connectivity index (χ1v) is 8.61. The summed E-state index contributed by atoms with van der Waals surface area (Å²) in [6.45, 7) is 3.62. The molecule has 4 nitrogen and oxygen atoms in total. The van der Waals surface area contributed by atoms with Crippen molar-refractivity contribution in [2.24, 2.45) is 0 Å². The molecule has 0 saturated carbocycles. The number of ketones is 1. The molecule has 0 heterocycles. The van der Waals surface area contributed by atoms with Crippen molar-refractivity contribution in [1.29, 1.82) is 0 Å². The molecule has 0 atom stereocenters. The monoisotopic (exact) mass is 333 g/mol. The zero-order chi connectivity index (χ0) is 17.1. The molecule has 1 N–H and O–H groups in total. The molecule has 1 aromatic rings. The summed E-state index contributed by atoms with van der Waals surface area (Å²) in [6, 6.07) is 10.1. The fraction of sp³-hybridized carbons (Fsp3) is 0.389. The van der Waals surface area contributed by atoms with Crippen molar-refractivity contribution in [1.82, 2.24) is 5.32 Å². The third kappa shape index (κ3) is 8.98.